The second-order valence-electron chi connectivity index (χ2n) is 7.50. The Morgan fingerprint density at radius 2 is 2.08 bits per heavy atom. The SMILES string of the molecule is CC1(CN(C=O)c2cc(C(F)(F)F)cnc2N2CCB(C#N)CC2)CC1. The monoisotopic (exact) mass is 364 g/mol. The molecule has 5 nitrogen and oxygen atoms in total. The zero-order valence-corrected chi connectivity index (χ0v) is 14.6. The summed E-state index contributed by atoms with van der Waals surface area (Å²) in [6.07, 6.45) is 0.0591. The van der Waals surface area contributed by atoms with Gasteiger partial charge in [0, 0.05) is 31.8 Å². The summed E-state index contributed by atoms with van der Waals surface area (Å²) in [7, 11) is 0. The topological polar surface area (TPSA) is 60.2 Å². The first-order chi connectivity index (χ1) is 12.3. The van der Waals surface area contributed by atoms with Crippen molar-refractivity contribution in [1.82, 2.24) is 4.98 Å². The van der Waals surface area contributed by atoms with Gasteiger partial charge in [-0.25, -0.2) is 10.2 Å². The molecule has 138 valence electrons. The molecule has 1 aliphatic carbocycles. The lowest BCUT2D eigenvalue weighted by atomic mass is 9.45. The third-order valence-corrected chi connectivity index (χ3v) is 5.24. The van der Waals surface area contributed by atoms with E-state index >= 15 is 0 Å². The standard InChI is InChI=1S/C17H20BF3N4O/c1-16(2-3-16)10-25(12-26)14-8-13(17(19,20)21)9-23-15(14)24-6-4-18(11-22)5-7-24/h8-9,12H,2-7,10H2,1H3. The summed E-state index contributed by atoms with van der Waals surface area (Å²) in [5.41, 5.74) is -0.713. The van der Waals surface area contributed by atoms with Crippen molar-refractivity contribution in [2.24, 2.45) is 5.41 Å². The Balaban J connectivity index is 1.95. The fraction of sp³-hybridized carbons (Fsp3) is 0.588. The maximum Gasteiger partial charge on any atom is 0.417 e. The highest BCUT2D eigenvalue weighted by Crippen LogP contribution is 2.47. The Labute approximate surface area is 150 Å². The van der Waals surface area contributed by atoms with E-state index in [9.17, 15) is 18.0 Å². The first-order valence-corrected chi connectivity index (χ1v) is 8.69. The molecule has 1 saturated carbocycles. The first kappa shape index (κ1) is 18.6. The fourth-order valence-electron chi connectivity index (χ4n) is 3.24. The summed E-state index contributed by atoms with van der Waals surface area (Å²) in [6, 6.07) is 1.01. The molecule has 2 fully saturated rings. The average molecular weight is 364 g/mol. The number of alkyl halides is 3. The van der Waals surface area contributed by atoms with Crippen LogP contribution in [0.25, 0.3) is 0 Å². The van der Waals surface area contributed by atoms with Crippen molar-refractivity contribution in [2.45, 2.75) is 38.6 Å². The van der Waals surface area contributed by atoms with Gasteiger partial charge in [-0.15, -0.1) is 0 Å². The van der Waals surface area contributed by atoms with Gasteiger partial charge in [-0.2, -0.15) is 13.2 Å². The molecule has 0 N–H and O–H groups in total. The van der Waals surface area contributed by atoms with Crippen LogP contribution in [-0.2, 0) is 11.0 Å². The molecular formula is C17H20BF3N4O. The normalized spacial score (nSPS) is 19.0. The Morgan fingerprint density at radius 1 is 1.42 bits per heavy atom. The van der Waals surface area contributed by atoms with E-state index in [0.717, 1.165) is 25.1 Å². The highest BCUT2D eigenvalue weighted by Gasteiger charge is 2.40. The average Bonchev–Trinajstić information content (AvgIpc) is 3.36. The first-order valence-electron chi connectivity index (χ1n) is 8.69. The van der Waals surface area contributed by atoms with E-state index < -0.39 is 11.7 Å². The molecular weight excluding hydrogens is 344 g/mol. The molecule has 0 spiro atoms. The summed E-state index contributed by atoms with van der Waals surface area (Å²) >= 11 is 0. The van der Waals surface area contributed by atoms with E-state index in [1.165, 1.54) is 4.90 Å². The molecule has 1 amide bonds. The summed E-state index contributed by atoms with van der Waals surface area (Å²) in [6.45, 7) is 3.42. The van der Waals surface area contributed by atoms with Crippen LogP contribution in [0.3, 0.4) is 0 Å². The smallest absolute Gasteiger partial charge is 0.356 e. The van der Waals surface area contributed by atoms with Crippen LogP contribution in [0, 0.1) is 16.6 Å². The van der Waals surface area contributed by atoms with Crippen LogP contribution < -0.4 is 9.80 Å². The fourth-order valence-corrected chi connectivity index (χ4v) is 3.24. The minimum Gasteiger partial charge on any atom is -0.356 e. The van der Waals surface area contributed by atoms with Gasteiger partial charge in [-0.05, 0) is 37.0 Å². The van der Waals surface area contributed by atoms with Crippen LogP contribution in [0.1, 0.15) is 25.3 Å². The van der Waals surface area contributed by atoms with Crippen molar-refractivity contribution in [2.75, 3.05) is 29.4 Å². The molecule has 9 heteroatoms. The molecule has 0 aromatic carbocycles. The predicted molar refractivity (Wildman–Crippen MR) is 93.2 cm³/mol. The third-order valence-electron chi connectivity index (χ3n) is 5.24. The molecule has 2 heterocycles. The lowest BCUT2D eigenvalue weighted by Gasteiger charge is -2.33. The van der Waals surface area contributed by atoms with Gasteiger partial charge in [0.2, 0.25) is 6.41 Å². The van der Waals surface area contributed by atoms with E-state index in [0.29, 0.717) is 44.5 Å². The number of amides is 1. The molecule has 1 aromatic heterocycles. The van der Waals surface area contributed by atoms with E-state index in [4.69, 9.17) is 5.26 Å². The molecule has 0 radical (unpaired) electrons. The Kier molecular flexibility index (Phi) is 4.87. The largest absolute Gasteiger partial charge is 0.417 e. The summed E-state index contributed by atoms with van der Waals surface area (Å²) in [5.74, 6) is 2.61. The Morgan fingerprint density at radius 3 is 2.58 bits per heavy atom. The van der Waals surface area contributed by atoms with E-state index in [2.05, 4.69) is 11.0 Å². The number of aromatic nitrogens is 1. The van der Waals surface area contributed by atoms with Crippen LogP contribution in [0.15, 0.2) is 12.3 Å². The maximum absolute atomic E-state index is 13.2. The number of anilines is 2. The molecule has 2 aliphatic rings. The van der Waals surface area contributed by atoms with Gasteiger partial charge >= 0.3 is 6.18 Å². The zero-order chi connectivity index (χ0) is 18.9. The summed E-state index contributed by atoms with van der Waals surface area (Å²) < 4.78 is 39.5. The van der Waals surface area contributed by atoms with Crippen molar-refractivity contribution < 1.29 is 18.0 Å². The highest BCUT2D eigenvalue weighted by molar-refractivity contribution is 6.67. The summed E-state index contributed by atoms with van der Waals surface area (Å²) in [5, 5.41) is 9.03. The molecule has 1 aliphatic heterocycles. The number of rotatable bonds is 5. The quantitative estimate of drug-likeness (QED) is 0.595. The number of halogens is 3. The van der Waals surface area contributed by atoms with Crippen molar-refractivity contribution in [3.05, 3.63) is 17.8 Å². The minimum absolute atomic E-state index is 0.0414. The van der Waals surface area contributed by atoms with Gasteiger partial charge in [0.05, 0.1) is 11.3 Å². The van der Waals surface area contributed by atoms with Crippen molar-refractivity contribution >= 4 is 24.6 Å². The molecule has 0 unspecified atom stereocenters. The van der Waals surface area contributed by atoms with Crippen LogP contribution in [-0.4, -0.2) is 37.7 Å². The Bertz CT molecular complexity index is 722. The van der Waals surface area contributed by atoms with E-state index in [1.54, 1.807) is 0 Å². The lowest BCUT2D eigenvalue weighted by molar-refractivity contribution is -0.137. The van der Waals surface area contributed by atoms with Gasteiger partial charge in [0.25, 0.3) is 6.71 Å². The highest BCUT2D eigenvalue weighted by atomic mass is 19.4. The van der Waals surface area contributed by atoms with Crippen molar-refractivity contribution in [3.8, 4) is 5.97 Å². The van der Waals surface area contributed by atoms with Gasteiger partial charge in [-0.1, -0.05) is 6.92 Å². The number of carbonyl (C=O) groups excluding carboxylic acids is 1. The van der Waals surface area contributed by atoms with Gasteiger partial charge in [-0.3, -0.25) is 4.79 Å². The molecule has 26 heavy (non-hydrogen) atoms. The third kappa shape index (κ3) is 3.95. The van der Waals surface area contributed by atoms with Crippen LogP contribution in [0.4, 0.5) is 24.7 Å². The number of carbonyl (C=O) groups is 1. The van der Waals surface area contributed by atoms with Crippen LogP contribution in [0.5, 0.6) is 0 Å². The number of hydrogen-bond acceptors (Lipinski definition) is 4. The van der Waals surface area contributed by atoms with Crippen molar-refractivity contribution in [1.29, 1.82) is 5.26 Å². The van der Waals surface area contributed by atoms with Crippen LogP contribution >= 0.6 is 0 Å². The van der Waals surface area contributed by atoms with Crippen molar-refractivity contribution in [3.63, 3.8) is 0 Å². The summed E-state index contributed by atoms with van der Waals surface area (Å²) in [4.78, 5) is 18.9. The number of nitriles is 1. The van der Waals surface area contributed by atoms with E-state index in [-0.39, 0.29) is 17.8 Å². The van der Waals surface area contributed by atoms with Gasteiger partial charge in [0.15, 0.2) is 5.82 Å². The zero-order valence-electron chi connectivity index (χ0n) is 14.6. The second kappa shape index (κ2) is 6.82. The lowest BCUT2D eigenvalue weighted by Crippen LogP contribution is -2.39. The number of pyridine rings is 1. The molecule has 0 atom stereocenters. The molecule has 1 saturated heterocycles. The van der Waals surface area contributed by atoms with E-state index in [1.807, 2.05) is 11.8 Å². The number of nitrogens with zero attached hydrogens (tertiary/aromatic N) is 4. The molecule has 1 aromatic rings. The minimum atomic E-state index is -4.52. The number of hydrogen-bond donors (Lipinski definition) is 0. The Hall–Kier alpha value is -2.24. The molecule has 3 rings (SSSR count). The second-order valence-corrected chi connectivity index (χ2v) is 7.50. The van der Waals surface area contributed by atoms with Gasteiger partial charge < -0.3 is 9.80 Å². The van der Waals surface area contributed by atoms with Crippen LogP contribution in [0.2, 0.25) is 12.6 Å². The molecule has 0 bridgehead atoms. The maximum atomic E-state index is 13.2. The predicted octanol–water partition coefficient (Wildman–Crippen LogP) is 3.24. The van der Waals surface area contributed by atoms with Gasteiger partial charge in [0.1, 0.15) is 0 Å².